The van der Waals surface area contributed by atoms with Gasteiger partial charge in [-0.05, 0) is 63.5 Å². The zero-order valence-corrected chi connectivity index (χ0v) is 17.4. The van der Waals surface area contributed by atoms with Gasteiger partial charge in [-0.25, -0.2) is 8.42 Å². The summed E-state index contributed by atoms with van der Waals surface area (Å²) < 4.78 is 30.2. The number of hydrogen-bond acceptors (Lipinski definition) is 5. The Morgan fingerprint density at radius 2 is 1.96 bits per heavy atom. The Balaban J connectivity index is 1.65. The minimum atomic E-state index is -3.15. The molecule has 0 aliphatic carbocycles. The van der Waals surface area contributed by atoms with E-state index in [-0.39, 0.29) is 23.5 Å². The number of hydrogen-bond donors (Lipinski definition) is 1. The van der Waals surface area contributed by atoms with Crippen molar-refractivity contribution in [1.82, 2.24) is 10.2 Å². The molecule has 2 aliphatic rings. The van der Waals surface area contributed by atoms with Crippen LogP contribution < -0.4 is 10.1 Å². The van der Waals surface area contributed by atoms with Crippen LogP contribution in [-0.2, 0) is 14.6 Å². The molecule has 0 radical (unpaired) electrons. The summed E-state index contributed by atoms with van der Waals surface area (Å²) >= 11 is 5.95. The molecule has 0 saturated carbocycles. The van der Waals surface area contributed by atoms with Crippen LogP contribution in [0.25, 0.3) is 0 Å². The molecule has 1 aromatic carbocycles. The number of benzene rings is 1. The molecule has 3 atom stereocenters. The summed E-state index contributed by atoms with van der Waals surface area (Å²) in [7, 11) is -3.15. The molecule has 2 aliphatic heterocycles. The molecular weight excluding hydrogens is 388 g/mol. The lowest BCUT2D eigenvalue weighted by Crippen LogP contribution is -2.54. The highest BCUT2D eigenvalue weighted by atomic mass is 35.5. The second kappa shape index (κ2) is 8.37. The lowest BCUT2D eigenvalue weighted by molar-refractivity contribution is -0.128. The lowest BCUT2D eigenvalue weighted by atomic mass is 10.0. The zero-order valence-electron chi connectivity index (χ0n) is 15.8. The van der Waals surface area contributed by atoms with Gasteiger partial charge in [-0.3, -0.25) is 9.69 Å². The van der Waals surface area contributed by atoms with Crippen molar-refractivity contribution in [2.24, 2.45) is 0 Å². The minimum absolute atomic E-state index is 0.00734. The van der Waals surface area contributed by atoms with Gasteiger partial charge in [0.05, 0.1) is 17.5 Å². The topological polar surface area (TPSA) is 75.7 Å². The van der Waals surface area contributed by atoms with Crippen molar-refractivity contribution < 1.29 is 17.9 Å². The van der Waals surface area contributed by atoms with Gasteiger partial charge in [-0.15, -0.1) is 0 Å². The molecule has 0 bridgehead atoms. The van der Waals surface area contributed by atoms with Crippen LogP contribution >= 0.6 is 11.6 Å². The Bertz CT molecular complexity index is 793. The zero-order chi connectivity index (χ0) is 19.6. The van der Waals surface area contributed by atoms with E-state index in [4.69, 9.17) is 16.3 Å². The fourth-order valence-corrected chi connectivity index (χ4v) is 6.04. The molecule has 8 heteroatoms. The largest absolute Gasteiger partial charge is 0.481 e. The third-order valence-corrected chi connectivity index (χ3v) is 7.27. The number of likely N-dealkylation sites (tertiary alicyclic amines) is 1. The molecule has 1 N–H and O–H groups in total. The number of halogens is 1. The first-order valence-electron chi connectivity index (χ1n) is 9.43. The molecule has 0 aromatic heterocycles. The van der Waals surface area contributed by atoms with E-state index >= 15 is 0 Å². The highest BCUT2D eigenvalue weighted by Gasteiger charge is 2.42. The number of sulfone groups is 1. The maximum atomic E-state index is 12.6. The second-order valence-corrected chi connectivity index (χ2v) is 10.1. The van der Waals surface area contributed by atoms with Crippen molar-refractivity contribution >= 4 is 27.3 Å². The maximum Gasteiger partial charge on any atom is 0.261 e. The number of piperidine rings is 1. The van der Waals surface area contributed by atoms with E-state index in [1.54, 1.807) is 25.1 Å². The third kappa shape index (κ3) is 5.15. The third-order valence-electron chi connectivity index (χ3n) is 5.32. The number of nitrogens with zero attached hydrogens (tertiary/aromatic N) is 1. The van der Waals surface area contributed by atoms with Gasteiger partial charge in [-0.1, -0.05) is 18.0 Å². The number of nitrogens with one attached hydrogen (secondary N) is 1. The Hall–Kier alpha value is -1.31. The van der Waals surface area contributed by atoms with Crippen molar-refractivity contribution in [3.63, 3.8) is 0 Å². The summed E-state index contributed by atoms with van der Waals surface area (Å²) in [5, 5.41) is 3.53. The Labute approximate surface area is 166 Å². The van der Waals surface area contributed by atoms with Gasteiger partial charge >= 0.3 is 0 Å². The molecule has 2 fully saturated rings. The van der Waals surface area contributed by atoms with Gasteiger partial charge < -0.3 is 10.1 Å². The number of ether oxygens (including phenoxy) is 1. The van der Waals surface area contributed by atoms with Gasteiger partial charge in [0.25, 0.3) is 5.91 Å². The number of amides is 1. The van der Waals surface area contributed by atoms with Gasteiger partial charge in [0, 0.05) is 11.1 Å². The predicted octanol–water partition coefficient (Wildman–Crippen LogP) is 2.18. The van der Waals surface area contributed by atoms with Gasteiger partial charge in [0.15, 0.2) is 15.9 Å². The van der Waals surface area contributed by atoms with Crippen molar-refractivity contribution in [2.45, 2.75) is 51.3 Å². The predicted molar refractivity (Wildman–Crippen MR) is 106 cm³/mol. The standard InChI is InChI=1S/C19H27ClN2O4S/c1-13-10-15(20)6-7-18(13)26-14(2)19(23)21-16-11-27(24,25)12-17(16)22-8-4-3-5-9-22/h6-7,10,14,16-17H,3-5,8-9,11-12H2,1-2H3,(H,21,23). The Kier molecular flexibility index (Phi) is 6.33. The average Bonchev–Trinajstić information content (AvgIpc) is 2.92. The average molecular weight is 415 g/mol. The van der Waals surface area contributed by atoms with Crippen LogP contribution in [0.4, 0.5) is 0 Å². The molecule has 3 unspecified atom stereocenters. The van der Waals surface area contributed by atoms with Crippen LogP contribution in [0.1, 0.15) is 31.7 Å². The maximum absolute atomic E-state index is 12.6. The molecule has 150 valence electrons. The number of carbonyl (C=O) groups is 1. The minimum Gasteiger partial charge on any atom is -0.481 e. The Morgan fingerprint density at radius 1 is 1.26 bits per heavy atom. The molecule has 3 rings (SSSR count). The van der Waals surface area contributed by atoms with Crippen molar-refractivity contribution in [3.8, 4) is 5.75 Å². The molecule has 1 amide bonds. The van der Waals surface area contributed by atoms with Crippen molar-refractivity contribution in [1.29, 1.82) is 0 Å². The monoisotopic (exact) mass is 414 g/mol. The fraction of sp³-hybridized carbons (Fsp3) is 0.632. The normalized spacial score (nSPS) is 26.5. The van der Waals surface area contributed by atoms with E-state index in [0.717, 1.165) is 31.5 Å². The van der Waals surface area contributed by atoms with E-state index in [9.17, 15) is 13.2 Å². The molecular formula is C19H27ClN2O4S. The van der Waals surface area contributed by atoms with Crippen LogP contribution in [0.15, 0.2) is 18.2 Å². The SMILES string of the molecule is Cc1cc(Cl)ccc1OC(C)C(=O)NC1CS(=O)(=O)CC1N1CCCCC1. The molecule has 6 nitrogen and oxygen atoms in total. The van der Waals surface area contributed by atoms with Gasteiger partial charge in [0.2, 0.25) is 0 Å². The summed E-state index contributed by atoms with van der Waals surface area (Å²) in [5.41, 5.74) is 0.844. The molecule has 2 heterocycles. The molecule has 27 heavy (non-hydrogen) atoms. The highest BCUT2D eigenvalue weighted by molar-refractivity contribution is 7.91. The summed E-state index contributed by atoms with van der Waals surface area (Å²) in [6.45, 7) is 5.32. The molecule has 1 aromatic rings. The number of aryl methyl sites for hydroxylation is 1. The van der Waals surface area contributed by atoms with E-state index in [0.29, 0.717) is 10.8 Å². The van der Waals surface area contributed by atoms with E-state index in [1.165, 1.54) is 6.42 Å². The summed E-state index contributed by atoms with van der Waals surface area (Å²) in [6.07, 6.45) is 2.60. The van der Waals surface area contributed by atoms with E-state index in [2.05, 4.69) is 10.2 Å². The van der Waals surface area contributed by atoms with Crippen molar-refractivity contribution in [2.75, 3.05) is 24.6 Å². The smallest absolute Gasteiger partial charge is 0.261 e. The lowest BCUT2D eigenvalue weighted by Gasteiger charge is -2.35. The first kappa shape index (κ1) is 20.4. The summed E-state index contributed by atoms with van der Waals surface area (Å²) in [6, 6.07) is 4.68. The first-order chi connectivity index (χ1) is 12.7. The summed E-state index contributed by atoms with van der Waals surface area (Å²) in [5.74, 6) is 0.401. The summed E-state index contributed by atoms with van der Waals surface area (Å²) in [4.78, 5) is 14.9. The van der Waals surface area contributed by atoms with E-state index in [1.807, 2.05) is 6.92 Å². The highest BCUT2D eigenvalue weighted by Crippen LogP contribution is 2.24. The quantitative estimate of drug-likeness (QED) is 0.799. The Morgan fingerprint density at radius 3 is 2.63 bits per heavy atom. The van der Waals surface area contributed by atoms with Gasteiger partial charge in [0.1, 0.15) is 5.75 Å². The van der Waals surface area contributed by atoms with Crippen LogP contribution in [0.2, 0.25) is 5.02 Å². The van der Waals surface area contributed by atoms with Crippen LogP contribution in [0.5, 0.6) is 5.75 Å². The van der Waals surface area contributed by atoms with E-state index < -0.39 is 22.0 Å². The van der Waals surface area contributed by atoms with Gasteiger partial charge in [-0.2, -0.15) is 0 Å². The first-order valence-corrected chi connectivity index (χ1v) is 11.6. The van der Waals surface area contributed by atoms with Crippen LogP contribution in [0.3, 0.4) is 0 Å². The number of carbonyl (C=O) groups excluding carboxylic acids is 1. The molecule has 0 spiro atoms. The number of rotatable bonds is 5. The van der Waals surface area contributed by atoms with Crippen LogP contribution in [0, 0.1) is 6.92 Å². The second-order valence-electron chi connectivity index (χ2n) is 7.53. The van der Waals surface area contributed by atoms with Crippen molar-refractivity contribution in [3.05, 3.63) is 28.8 Å². The van der Waals surface area contributed by atoms with Crippen LogP contribution in [-0.4, -0.2) is 62.0 Å². The molecule has 2 saturated heterocycles. The fourth-order valence-electron chi connectivity index (χ4n) is 3.87.